The number of hydrogen-bond acceptors (Lipinski definition) is 2. The molecule has 0 unspecified atom stereocenters. The predicted molar refractivity (Wildman–Crippen MR) is 72.6 cm³/mol. The minimum atomic E-state index is -0.110. The van der Waals surface area contributed by atoms with E-state index >= 15 is 0 Å². The minimum absolute atomic E-state index is 0. The molecule has 3 nitrogen and oxygen atoms in total. The van der Waals surface area contributed by atoms with Crippen LogP contribution in [0.2, 0.25) is 0 Å². The van der Waals surface area contributed by atoms with E-state index in [9.17, 15) is 9.18 Å². The molecule has 0 fully saturated rings. The van der Waals surface area contributed by atoms with Gasteiger partial charge in [0, 0.05) is 13.9 Å². The summed E-state index contributed by atoms with van der Waals surface area (Å²) in [6, 6.07) is 1.84. The van der Waals surface area contributed by atoms with E-state index in [4.69, 9.17) is 0 Å². The van der Waals surface area contributed by atoms with Gasteiger partial charge in [-0.25, -0.2) is 0 Å². The van der Waals surface area contributed by atoms with Crippen LogP contribution in [0.4, 0.5) is 10.1 Å². The lowest BCUT2D eigenvalue weighted by atomic mass is 10.1. The second-order valence-electron chi connectivity index (χ2n) is 3.19. The normalized spacial score (nSPS) is 8.71. The van der Waals surface area contributed by atoms with E-state index in [1.54, 1.807) is 12.2 Å². The summed E-state index contributed by atoms with van der Waals surface area (Å²) in [6.45, 7) is 10.7. The number of carbonyl (C=O) groups is 1. The summed E-state index contributed by atoms with van der Waals surface area (Å²) >= 11 is 0. The molecule has 0 saturated heterocycles. The van der Waals surface area contributed by atoms with Gasteiger partial charge in [0.25, 0.3) is 0 Å². The molecule has 0 spiro atoms. The topological polar surface area (TPSA) is 42.0 Å². The van der Waals surface area contributed by atoms with E-state index in [0.29, 0.717) is 12.9 Å². The highest BCUT2D eigenvalue weighted by Gasteiger charge is 2.05. The molecule has 1 amide bonds. The van der Waals surface area contributed by atoms with Gasteiger partial charge in [0.1, 0.15) is 0 Å². The number of carbonyl (C=O) groups excluding carboxylic acids is 1. The first-order valence-electron chi connectivity index (χ1n) is 5.00. The summed E-state index contributed by atoms with van der Waals surface area (Å²) in [5.74, 6) is -0.110. The summed E-state index contributed by atoms with van der Waals surface area (Å²) < 4.78 is 9.50. The van der Waals surface area contributed by atoms with Crippen molar-refractivity contribution in [1.82, 2.24) is 4.98 Å². The van der Waals surface area contributed by atoms with Crippen molar-refractivity contribution in [2.45, 2.75) is 13.8 Å². The maximum absolute atomic E-state index is 10.9. The fourth-order valence-corrected chi connectivity index (χ4v) is 1.28. The Bertz CT molecular complexity index is 433. The van der Waals surface area contributed by atoms with Crippen molar-refractivity contribution in [3.8, 4) is 0 Å². The Labute approximate surface area is 103 Å². The van der Waals surface area contributed by atoms with Crippen LogP contribution in [0, 0.1) is 6.92 Å². The van der Waals surface area contributed by atoms with Crippen molar-refractivity contribution < 1.29 is 10.6 Å². The van der Waals surface area contributed by atoms with Crippen molar-refractivity contribution in [1.29, 1.82) is 0 Å². The second-order valence-corrected chi connectivity index (χ2v) is 3.19. The SMILES string of the molecule is C=Cc1cc(NC(C)=O)c(C)nc1C=C.CF.[HH]. The van der Waals surface area contributed by atoms with Crippen molar-refractivity contribution in [2.75, 3.05) is 12.5 Å². The zero-order valence-corrected chi connectivity index (χ0v) is 10.4. The molecule has 1 rings (SSSR count). The molecule has 4 heteroatoms. The number of alkyl halides is 1. The van der Waals surface area contributed by atoms with Crippen LogP contribution >= 0.6 is 0 Å². The van der Waals surface area contributed by atoms with E-state index < -0.39 is 0 Å². The van der Waals surface area contributed by atoms with Gasteiger partial charge in [-0.3, -0.25) is 14.2 Å². The standard InChI is InChI=1S/C12H14N2O.CH3F.H2/c1-5-10-7-12(14-9(4)15)8(3)13-11(10)6-2;1-2;/h5-7H,1-2H2,3-4H3,(H,14,15);1H3;1H. The van der Waals surface area contributed by atoms with Crippen molar-refractivity contribution >= 4 is 23.7 Å². The molecule has 1 heterocycles. The van der Waals surface area contributed by atoms with Gasteiger partial charge in [0.15, 0.2) is 0 Å². The molecule has 0 aliphatic rings. The Morgan fingerprint density at radius 1 is 1.47 bits per heavy atom. The first-order chi connectivity index (χ1) is 8.08. The molecule has 0 aliphatic heterocycles. The maximum Gasteiger partial charge on any atom is 0.221 e. The number of aryl methyl sites for hydroxylation is 1. The van der Waals surface area contributed by atoms with Crippen LogP contribution in [0.1, 0.15) is 25.3 Å². The zero-order valence-electron chi connectivity index (χ0n) is 10.4. The van der Waals surface area contributed by atoms with Gasteiger partial charge >= 0.3 is 0 Å². The Balaban J connectivity index is 0. The number of halogens is 1. The predicted octanol–water partition coefficient (Wildman–Crippen LogP) is 3.47. The summed E-state index contributed by atoms with van der Waals surface area (Å²) in [5, 5.41) is 2.72. The summed E-state index contributed by atoms with van der Waals surface area (Å²) in [4.78, 5) is 15.2. The van der Waals surface area contributed by atoms with Gasteiger partial charge in [0.05, 0.1) is 24.3 Å². The van der Waals surface area contributed by atoms with Crippen LogP contribution in [0.5, 0.6) is 0 Å². The van der Waals surface area contributed by atoms with Crippen LogP contribution in [0.15, 0.2) is 19.2 Å². The Kier molecular flexibility index (Phi) is 6.48. The van der Waals surface area contributed by atoms with E-state index in [1.807, 2.05) is 13.0 Å². The average molecular weight is 238 g/mol. The van der Waals surface area contributed by atoms with Crippen LogP contribution in [0.3, 0.4) is 0 Å². The van der Waals surface area contributed by atoms with Crippen molar-refractivity contribution in [3.05, 3.63) is 36.2 Å². The van der Waals surface area contributed by atoms with Gasteiger partial charge in [-0.1, -0.05) is 19.2 Å². The third-order valence-electron chi connectivity index (χ3n) is 2.00. The van der Waals surface area contributed by atoms with Crippen LogP contribution in [0.25, 0.3) is 12.2 Å². The van der Waals surface area contributed by atoms with Crippen LogP contribution < -0.4 is 5.32 Å². The lowest BCUT2D eigenvalue weighted by Crippen LogP contribution is -2.08. The Morgan fingerprint density at radius 2 is 2.06 bits per heavy atom. The zero-order chi connectivity index (χ0) is 13.4. The molecule has 0 aromatic carbocycles. The number of rotatable bonds is 3. The number of anilines is 1. The van der Waals surface area contributed by atoms with E-state index in [-0.39, 0.29) is 7.33 Å². The molecule has 0 saturated carbocycles. The van der Waals surface area contributed by atoms with Crippen molar-refractivity contribution in [2.24, 2.45) is 0 Å². The number of nitrogens with one attached hydrogen (secondary N) is 1. The molecule has 94 valence electrons. The maximum atomic E-state index is 10.9. The van der Waals surface area contributed by atoms with Gasteiger partial charge in [-0.2, -0.15) is 0 Å². The molecular weight excluding hydrogens is 219 g/mol. The minimum Gasteiger partial charge on any atom is -0.325 e. The Morgan fingerprint density at radius 3 is 2.47 bits per heavy atom. The monoisotopic (exact) mass is 238 g/mol. The molecule has 1 N–H and O–H groups in total. The molecule has 1 aromatic rings. The summed E-state index contributed by atoms with van der Waals surface area (Å²) in [5.41, 5.74) is 3.12. The number of amides is 1. The smallest absolute Gasteiger partial charge is 0.221 e. The third-order valence-corrected chi connectivity index (χ3v) is 2.00. The van der Waals surface area contributed by atoms with E-state index in [0.717, 1.165) is 17.0 Å². The van der Waals surface area contributed by atoms with Crippen molar-refractivity contribution in [3.63, 3.8) is 0 Å². The number of hydrogen-bond donors (Lipinski definition) is 1. The molecule has 0 aliphatic carbocycles. The summed E-state index contributed by atoms with van der Waals surface area (Å²) in [7, 11) is 0.500. The van der Waals surface area contributed by atoms with E-state index in [1.165, 1.54) is 6.92 Å². The quantitative estimate of drug-likeness (QED) is 0.876. The van der Waals surface area contributed by atoms with Gasteiger partial charge in [-0.15, -0.1) is 0 Å². The Hall–Kier alpha value is -1.97. The largest absolute Gasteiger partial charge is 0.325 e. The summed E-state index contributed by atoms with van der Waals surface area (Å²) in [6.07, 6.45) is 3.36. The fourth-order valence-electron chi connectivity index (χ4n) is 1.28. The van der Waals surface area contributed by atoms with Gasteiger partial charge < -0.3 is 5.32 Å². The van der Waals surface area contributed by atoms with Gasteiger partial charge in [0.2, 0.25) is 5.91 Å². The van der Waals surface area contributed by atoms with Gasteiger partial charge in [-0.05, 0) is 19.1 Å². The lowest BCUT2D eigenvalue weighted by molar-refractivity contribution is -0.114. The first kappa shape index (κ1) is 15.0. The second kappa shape index (κ2) is 7.33. The highest BCUT2D eigenvalue weighted by Crippen LogP contribution is 2.19. The van der Waals surface area contributed by atoms with E-state index in [2.05, 4.69) is 23.5 Å². The fraction of sp³-hybridized carbons (Fsp3) is 0.231. The third kappa shape index (κ3) is 4.18. The average Bonchev–Trinajstić information content (AvgIpc) is 2.33. The highest BCUT2D eigenvalue weighted by molar-refractivity contribution is 5.89. The number of aromatic nitrogens is 1. The molecule has 17 heavy (non-hydrogen) atoms. The highest BCUT2D eigenvalue weighted by atomic mass is 19.1. The molecule has 1 aromatic heterocycles. The molecule has 0 atom stereocenters. The molecular formula is C13H19FN2O. The number of nitrogens with zero attached hydrogens (tertiary/aromatic N) is 1. The number of pyridine rings is 1. The van der Waals surface area contributed by atoms with Crippen LogP contribution in [-0.2, 0) is 4.79 Å². The molecule has 0 radical (unpaired) electrons. The first-order valence-corrected chi connectivity index (χ1v) is 5.00. The lowest BCUT2D eigenvalue weighted by Gasteiger charge is -2.09. The van der Waals surface area contributed by atoms with Crippen LogP contribution in [-0.4, -0.2) is 18.1 Å². The molecule has 0 bridgehead atoms.